The summed E-state index contributed by atoms with van der Waals surface area (Å²) in [5.41, 5.74) is 3.90. The van der Waals surface area contributed by atoms with Crippen molar-refractivity contribution >= 4 is 21.6 Å². The summed E-state index contributed by atoms with van der Waals surface area (Å²) in [7, 11) is -3.34. The van der Waals surface area contributed by atoms with Crippen LogP contribution >= 0.6 is 0 Å². The minimum atomic E-state index is -3.34. The van der Waals surface area contributed by atoms with E-state index in [0.717, 1.165) is 16.8 Å². The van der Waals surface area contributed by atoms with E-state index < -0.39 is 10.0 Å². The fraction of sp³-hybridized carbons (Fsp3) is 0.381. The fourth-order valence-electron chi connectivity index (χ4n) is 3.26. The van der Waals surface area contributed by atoms with Crippen LogP contribution in [0.3, 0.4) is 0 Å². The van der Waals surface area contributed by atoms with Gasteiger partial charge in [0.1, 0.15) is 0 Å². The summed E-state index contributed by atoms with van der Waals surface area (Å²) in [4.78, 5) is 14.3. The van der Waals surface area contributed by atoms with Crippen molar-refractivity contribution in [2.24, 2.45) is 0 Å². The Balaban J connectivity index is 1.49. The normalized spacial score (nSPS) is 16.1. The molecule has 0 bridgehead atoms. The van der Waals surface area contributed by atoms with Crippen molar-refractivity contribution in [1.82, 2.24) is 9.21 Å². The number of aryl methyl sites for hydroxylation is 2. The Kier molecular flexibility index (Phi) is 6.49. The lowest BCUT2D eigenvalue weighted by molar-refractivity contribution is -0.117. The van der Waals surface area contributed by atoms with Crippen LogP contribution in [0, 0.1) is 13.8 Å². The number of carbonyl (C=O) groups is 1. The fourth-order valence-corrected chi connectivity index (χ4v) is 4.78. The Hall–Kier alpha value is -2.22. The molecule has 2 aromatic rings. The molecule has 0 saturated carbocycles. The van der Waals surface area contributed by atoms with E-state index >= 15 is 0 Å². The Morgan fingerprint density at radius 1 is 0.964 bits per heavy atom. The third-order valence-corrected chi connectivity index (χ3v) is 6.92. The van der Waals surface area contributed by atoms with Crippen LogP contribution in [0.15, 0.2) is 48.5 Å². The maximum Gasteiger partial charge on any atom is 0.238 e. The molecule has 1 heterocycles. The molecule has 1 fully saturated rings. The average molecular weight is 402 g/mol. The molecule has 1 aliphatic rings. The van der Waals surface area contributed by atoms with Crippen LogP contribution in [0.2, 0.25) is 0 Å². The standard InChI is InChI=1S/C21H27N3O3S/c1-17-8-9-20(14-18(17)2)22-21(25)15-23-10-12-24(13-11-23)28(26,27)16-19-6-4-3-5-7-19/h3-9,14H,10-13,15-16H2,1-2H3,(H,22,25). The van der Waals surface area contributed by atoms with Gasteiger partial charge in [-0.1, -0.05) is 36.4 Å². The van der Waals surface area contributed by atoms with E-state index in [4.69, 9.17) is 0 Å². The molecule has 2 aromatic carbocycles. The third kappa shape index (κ3) is 5.41. The van der Waals surface area contributed by atoms with Crippen molar-refractivity contribution in [3.63, 3.8) is 0 Å². The second-order valence-electron chi connectivity index (χ2n) is 7.26. The molecule has 0 unspecified atom stereocenters. The van der Waals surface area contributed by atoms with Crippen molar-refractivity contribution < 1.29 is 13.2 Å². The number of rotatable bonds is 6. The van der Waals surface area contributed by atoms with E-state index in [9.17, 15) is 13.2 Å². The van der Waals surface area contributed by atoms with Crippen LogP contribution < -0.4 is 5.32 Å². The highest BCUT2D eigenvalue weighted by atomic mass is 32.2. The van der Waals surface area contributed by atoms with Gasteiger partial charge in [-0.25, -0.2) is 8.42 Å². The van der Waals surface area contributed by atoms with E-state index in [1.54, 1.807) is 0 Å². The first-order valence-electron chi connectivity index (χ1n) is 9.45. The van der Waals surface area contributed by atoms with E-state index in [2.05, 4.69) is 5.32 Å². The molecule has 7 heteroatoms. The van der Waals surface area contributed by atoms with Gasteiger partial charge in [-0.2, -0.15) is 4.31 Å². The van der Waals surface area contributed by atoms with E-state index in [1.165, 1.54) is 9.87 Å². The SMILES string of the molecule is Cc1ccc(NC(=O)CN2CCN(S(=O)(=O)Cc3ccccc3)CC2)cc1C. The zero-order valence-corrected chi connectivity index (χ0v) is 17.2. The predicted molar refractivity (Wildman–Crippen MR) is 112 cm³/mol. The molecule has 0 aliphatic carbocycles. The number of benzene rings is 2. The van der Waals surface area contributed by atoms with Crippen molar-refractivity contribution in [2.75, 3.05) is 38.0 Å². The largest absolute Gasteiger partial charge is 0.325 e. The number of hydrogen-bond acceptors (Lipinski definition) is 4. The van der Waals surface area contributed by atoms with E-state index in [1.807, 2.05) is 67.3 Å². The molecule has 6 nitrogen and oxygen atoms in total. The number of nitrogens with zero attached hydrogens (tertiary/aromatic N) is 2. The van der Waals surface area contributed by atoms with Crippen LogP contribution in [0.25, 0.3) is 0 Å². The van der Waals surface area contributed by atoms with Gasteiger partial charge in [0, 0.05) is 31.9 Å². The van der Waals surface area contributed by atoms with Crippen LogP contribution in [-0.4, -0.2) is 56.3 Å². The van der Waals surface area contributed by atoms with Gasteiger partial charge in [0.25, 0.3) is 0 Å². The summed E-state index contributed by atoms with van der Waals surface area (Å²) in [6.45, 7) is 6.23. The number of carbonyl (C=O) groups excluding carboxylic acids is 1. The number of piperazine rings is 1. The van der Waals surface area contributed by atoms with Crippen LogP contribution in [0.1, 0.15) is 16.7 Å². The molecule has 0 spiro atoms. The maximum atomic E-state index is 12.6. The van der Waals surface area contributed by atoms with Gasteiger partial charge in [0.05, 0.1) is 12.3 Å². The topological polar surface area (TPSA) is 69.7 Å². The third-order valence-electron chi connectivity index (χ3n) is 5.07. The first-order chi connectivity index (χ1) is 13.3. The van der Waals surface area contributed by atoms with Gasteiger partial charge in [0.2, 0.25) is 15.9 Å². The first kappa shape index (κ1) is 20.5. The molecule has 1 amide bonds. The molecule has 3 rings (SSSR count). The van der Waals surface area contributed by atoms with Crippen molar-refractivity contribution in [3.8, 4) is 0 Å². The summed E-state index contributed by atoms with van der Waals surface area (Å²) >= 11 is 0. The molecule has 0 radical (unpaired) electrons. The smallest absolute Gasteiger partial charge is 0.238 e. The molecule has 28 heavy (non-hydrogen) atoms. The second-order valence-corrected chi connectivity index (χ2v) is 9.23. The highest BCUT2D eigenvalue weighted by Crippen LogP contribution is 2.15. The molecule has 1 aliphatic heterocycles. The lowest BCUT2D eigenvalue weighted by Gasteiger charge is -2.33. The summed E-state index contributed by atoms with van der Waals surface area (Å²) in [5.74, 6) is -0.0648. The minimum absolute atomic E-state index is 0.0150. The minimum Gasteiger partial charge on any atom is -0.325 e. The molecular weight excluding hydrogens is 374 g/mol. The number of hydrogen-bond donors (Lipinski definition) is 1. The molecular formula is C21H27N3O3S. The van der Waals surface area contributed by atoms with Crippen LogP contribution in [-0.2, 0) is 20.6 Å². The van der Waals surface area contributed by atoms with Crippen molar-refractivity contribution in [1.29, 1.82) is 0 Å². The molecule has 1 N–H and O–H groups in total. The molecule has 150 valence electrons. The van der Waals surface area contributed by atoms with Gasteiger partial charge in [-0.05, 0) is 42.7 Å². The quantitative estimate of drug-likeness (QED) is 0.807. The number of anilines is 1. The highest BCUT2D eigenvalue weighted by Gasteiger charge is 2.27. The van der Waals surface area contributed by atoms with Crippen LogP contribution in [0.4, 0.5) is 5.69 Å². The van der Waals surface area contributed by atoms with Gasteiger partial charge in [-0.15, -0.1) is 0 Å². The highest BCUT2D eigenvalue weighted by molar-refractivity contribution is 7.88. The number of nitrogens with one attached hydrogen (secondary N) is 1. The summed E-state index contributed by atoms with van der Waals surface area (Å²) in [5, 5.41) is 2.92. The second kappa shape index (κ2) is 8.86. The summed E-state index contributed by atoms with van der Waals surface area (Å²) in [6.07, 6.45) is 0. The lowest BCUT2D eigenvalue weighted by atomic mass is 10.1. The molecule has 0 aromatic heterocycles. The summed E-state index contributed by atoms with van der Waals surface area (Å²) < 4.78 is 26.8. The van der Waals surface area contributed by atoms with Gasteiger partial charge >= 0.3 is 0 Å². The Morgan fingerprint density at radius 3 is 2.29 bits per heavy atom. The van der Waals surface area contributed by atoms with Gasteiger partial charge < -0.3 is 5.32 Å². The van der Waals surface area contributed by atoms with Gasteiger partial charge in [-0.3, -0.25) is 9.69 Å². The summed E-state index contributed by atoms with van der Waals surface area (Å²) in [6, 6.07) is 15.1. The van der Waals surface area contributed by atoms with Crippen molar-refractivity contribution in [3.05, 3.63) is 65.2 Å². The Bertz CT molecular complexity index is 921. The average Bonchev–Trinajstić information content (AvgIpc) is 2.65. The van der Waals surface area contributed by atoms with Crippen LogP contribution in [0.5, 0.6) is 0 Å². The van der Waals surface area contributed by atoms with E-state index in [-0.39, 0.29) is 18.2 Å². The lowest BCUT2D eigenvalue weighted by Crippen LogP contribution is -2.50. The Labute approximate surface area is 167 Å². The molecule has 1 saturated heterocycles. The number of amides is 1. The van der Waals surface area contributed by atoms with Crippen molar-refractivity contribution in [2.45, 2.75) is 19.6 Å². The Morgan fingerprint density at radius 2 is 1.64 bits per heavy atom. The first-order valence-corrected chi connectivity index (χ1v) is 11.1. The zero-order valence-electron chi connectivity index (χ0n) is 16.4. The monoisotopic (exact) mass is 401 g/mol. The van der Waals surface area contributed by atoms with Gasteiger partial charge in [0.15, 0.2) is 0 Å². The molecule has 0 atom stereocenters. The number of sulfonamides is 1. The predicted octanol–water partition coefficient (Wildman–Crippen LogP) is 2.39. The van der Waals surface area contributed by atoms with E-state index in [0.29, 0.717) is 26.2 Å². The zero-order chi connectivity index (χ0) is 20.1. The maximum absolute atomic E-state index is 12.6.